The molecule has 0 saturated carbocycles. The number of rotatable bonds is 4. The lowest BCUT2D eigenvalue weighted by atomic mass is 9.89. The van der Waals surface area contributed by atoms with Gasteiger partial charge in [0.05, 0.1) is 12.2 Å². The Balaban J connectivity index is 1.55. The molecule has 3 aromatic carbocycles. The molecule has 5 N–H and O–H groups in total. The lowest BCUT2D eigenvalue weighted by Gasteiger charge is -2.39. The Morgan fingerprint density at radius 3 is 2.56 bits per heavy atom. The summed E-state index contributed by atoms with van der Waals surface area (Å²) in [6.07, 6.45) is -7.66. The summed E-state index contributed by atoms with van der Waals surface area (Å²) in [4.78, 5) is 12.5. The summed E-state index contributed by atoms with van der Waals surface area (Å²) in [5.41, 5.74) is 2.08. The van der Waals surface area contributed by atoms with Gasteiger partial charge in [-0.05, 0) is 35.2 Å². The van der Waals surface area contributed by atoms with Crippen LogP contribution in [0.2, 0.25) is 0 Å². The Kier molecular flexibility index (Phi) is 5.39. The molecule has 5 atom stereocenters. The number of hydrogen-bond acceptors (Lipinski definition) is 11. The van der Waals surface area contributed by atoms with Crippen LogP contribution >= 0.6 is 0 Å². The molecule has 3 aromatic rings. The number of phenolic OH excluding ortho intramolecular Hbond substituents is 1. The standard InChI is InChI=1S/C25H22O11/c26-7-17-20(28)21(29)22(30)25(35-17)36-23-14(27)3-1-10-5-12-13(8-32-24(12)31)18(19(10)23)11-2-4-15-16(6-11)34-9-33-15/h1-6,17,20-22,25-30H,7-9H2/t17-,20-,21+,22-,25+/m1/s1. The molecule has 0 aliphatic carbocycles. The number of esters is 1. The maximum Gasteiger partial charge on any atom is 0.338 e. The summed E-state index contributed by atoms with van der Waals surface area (Å²) in [5, 5.41) is 52.1. The minimum Gasteiger partial charge on any atom is -0.504 e. The highest BCUT2D eigenvalue weighted by Gasteiger charge is 2.45. The zero-order valence-electron chi connectivity index (χ0n) is 18.7. The van der Waals surface area contributed by atoms with Crippen LogP contribution in [-0.4, -0.2) is 75.6 Å². The number of cyclic esters (lactones) is 1. The third kappa shape index (κ3) is 3.44. The third-order valence-corrected chi connectivity index (χ3v) is 6.66. The lowest BCUT2D eigenvalue weighted by Crippen LogP contribution is -2.60. The Morgan fingerprint density at radius 2 is 1.75 bits per heavy atom. The molecule has 3 aliphatic rings. The van der Waals surface area contributed by atoms with E-state index >= 15 is 0 Å². The fraction of sp³-hybridized carbons (Fsp3) is 0.320. The average molecular weight is 498 g/mol. The number of fused-ring (bicyclic) bond motifs is 3. The minimum atomic E-state index is -1.69. The Morgan fingerprint density at radius 1 is 0.944 bits per heavy atom. The van der Waals surface area contributed by atoms with Gasteiger partial charge in [-0.15, -0.1) is 0 Å². The van der Waals surface area contributed by atoms with Gasteiger partial charge in [0.2, 0.25) is 13.1 Å². The number of carbonyl (C=O) groups is 1. The Labute approximate surface area is 203 Å². The van der Waals surface area contributed by atoms with Crippen molar-refractivity contribution >= 4 is 16.7 Å². The van der Waals surface area contributed by atoms with Crippen molar-refractivity contribution in [2.24, 2.45) is 0 Å². The van der Waals surface area contributed by atoms with Crippen LogP contribution in [0.1, 0.15) is 15.9 Å². The van der Waals surface area contributed by atoms with Crippen molar-refractivity contribution in [1.29, 1.82) is 0 Å². The third-order valence-electron chi connectivity index (χ3n) is 6.66. The van der Waals surface area contributed by atoms with Gasteiger partial charge in [-0.25, -0.2) is 4.79 Å². The summed E-state index contributed by atoms with van der Waals surface area (Å²) < 4.78 is 27.6. The maximum atomic E-state index is 12.5. The molecule has 3 heterocycles. The second-order valence-electron chi connectivity index (χ2n) is 8.75. The van der Waals surface area contributed by atoms with E-state index in [4.69, 9.17) is 23.7 Å². The van der Waals surface area contributed by atoms with Crippen LogP contribution < -0.4 is 14.2 Å². The predicted octanol–water partition coefficient (Wildman–Crippen LogP) is 0.790. The molecule has 1 saturated heterocycles. The summed E-state index contributed by atoms with van der Waals surface area (Å²) >= 11 is 0. The molecule has 36 heavy (non-hydrogen) atoms. The first-order valence-corrected chi connectivity index (χ1v) is 11.2. The molecule has 0 unspecified atom stereocenters. The van der Waals surface area contributed by atoms with Crippen molar-refractivity contribution in [3.63, 3.8) is 0 Å². The number of benzene rings is 3. The number of aliphatic hydroxyl groups excluding tert-OH is 4. The van der Waals surface area contributed by atoms with E-state index in [0.717, 1.165) is 0 Å². The van der Waals surface area contributed by atoms with E-state index in [9.17, 15) is 30.3 Å². The molecule has 6 rings (SSSR count). The smallest absolute Gasteiger partial charge is 0.338 e. The molecule has 11 heteroatoms. The van der Waals surface area contributed by atoms with Crippen molar-refractivity contribution < 1.29 is 54.0 Å². The van der Waals surface area contributed by atoms with Crippen LogP contribution in [0.5, 0.6) is 23.0 Å². The van der Waals surface area contributed by atoms with E-state index in [1.54, 1.807) is 30.3 Å². The Hall–Kier alpha value is -3.61. The van der Waals surface area contributed by atoms with Crippen molar-refractivity contribution in [2.45, 2.75) is 37.3 Å². The quantitative estimate of drug-likeness (QED) is 0.323. The number of phenols is 1. The fourth-order valence-corrected chi connectivity index (χ4v) is 4.81. The second-order valence-corrected chi connectivity index (χ2v) is 8.75. The SMILES string of the molecule is O=C1OCc2c1cc1ccc(O)c(O[C@@H]3O[C@H](CO)[C@@H](O)[C@H](O)[C@H]3O)c1c2-c1ccc2c(c1)OCO2. The van der Waals surface area contributed by atoms with E-state index in [0.29, 0.717) is 44.5 Å². The maximum absolute atomic E-state index is 12.5. The summed E-state index contributed by atoms with van der Waals surface area (Å²) in [6, 6.07) is 9.82. The first kappa shape index (κ1) is 22.8. The second kappa shape index (κ2) is 8.50. The Bertz CT molecular complexity index is 1370. The number of hydrogen-bond donors (Lipinski definition) is 5. The molecule has 188 valence electrons. The zero-order valence-corrected chi connectivity index (χ0v) is 18.7. The highest BCUT2D eigenvalue weighted by molar-refractivity contribution is 6.10. The van der Waals surface area contributed by atoms with Crippen molar-refractivity contribution in [1.82, 2.24) is 0 Å². The van der Waals surface area contributed by atoms with Crippen LogP contribution in [0.25, 0.3) is 21.9 Å². The van der Waals surface area contributed by atoms with Crippen molar-refractivity contribution in [3.05, 3.63) is 47.5 Å². The van der Waals surface area contributed by atoms with Crippen LogP contribution in [0.3, 0.4) is 0 Å². The van der Waals surface area contributed by atoms with Gasteiger partial charge in [0.25, 0.3) is 0 Å². The van der Waals surface area contributed by atoms with Crippen molar-refractivity contribution in [3.8, 4) is 34.1 Å². The van der Waals surface area contributed by atoms with Gasteiger partial charge in [-0.2, -0.15) is 0 Å². The van der Waals surface area contributed by atoms with Crippen LogP contribution in [0.4, 0.5) is 0 Å². The van der Waals surface area contributed by atoms with E-state index in [-0.39, 0.29) is 24.9 Å². The first-order valence-electron chi connectivity index (χ1n) is 11.2. The first-order chi connectivity index (χ1) is 17.4. The molecule has 11 nitrogen and oxygen atoms in total. The van der Waals surface area contributed by atoms with Gasteiger partial charge in [-0.1, -0.05) is 12.1 Å². The largest absolute Gasteiger partial charge is 0.504 e. The van der Waals surface area contributed by atoms with Gasteiger partial charge in [0.1, 0.15) is 31.0 Å². The highest BCUT2D eigenvalue weighted by atomic mass is 16.7. The van der Waals surface area contributed by atoms with Crippen LogP contribution in [-0.2, 0) is 16.1 Å². The van der Waals surface area contributed by atoms with Gasteiger partial charge >= 0.3 is 5.97 Å². The number of ether oxygens (including phenoxy) is 5. The van der Waals surface area contributed by atoms with Crippen molar-refractivity contribution in [2.75, 3.05) is 13.4 Å². The molecule has 0 radical (unpaired) electrons. The van der Waals surface area contributed by atoms with E-state index in [1.807, 2.05) is 0 Å². The van der Waals surface area contributed by atoms with Crippen LogP contribution in [0.15, 0.2) is 36.4 Å². The molecular weight excluding hydrogens is 476 g/mol. The summed E-state index contributed by atoms with van der Waals surface area (Å²) in [7, 11) is 0. The molecule has 0 aromatic heterocycles. The topological polar surface area (TPSA) is 164 Å². The molecule has 0 amide bonds. The molecular formula is C25H22O11. The molecule has 1 fully saturated rings. The highest BCUT2D eigenvalue weighted by Crippen LogP contribution is 2.48. The van der Waals surface area contributed by atoms with E-state index in [1.165, 1.54) is 6.07 Å². The minimum absolute atomic E-state index is 0.0109. The van der Waals surface area contributed by atoms with Crippen LogP contribution in [0, 0.1) is 0 Å². The summed E-state index contributed by atoms with van der Waals surface area (Å²) in [6.45, 7) is -0.578. The fourth-order valence-electron chi connectivity index (χ4n) is 4.81. The number of aliphatic hydroxyl groups is 4. The molecule has 0 spiro atoms. The van der Waals surface area contributed by atoms with Gasteiger partial charge in [0, 0.05) is 16.5 Å². The lowest BCUT2D eigenvalue weighted by molar-refractivity contribution is -0.277. The normalized spacial score (nSPS) is 26.7. The number of aromatic hydroxyl groups is 1. The van der Waals surface area contributed by atoms with Gasteiger partial charge in [-0.3, -0.25) is 0 Å². The predicted molar refractivity (Wildman–Crippen MR) is 121 cm³/mol. The zero-order chi connectivity index (χ0) is 25.1. The van der Waals surface area contributed by atoms with Gasteiger partial charge < -0.3 is 49.2 Å². The van der Waals surface area contributed by atoms with E-state index < -0.39 is 43.3 Å². The van der Waals surface area contributed by atoms with Gasteiger partial charge in [0.15, 0.2) is 23.0 Å². The summed E-state index contributed by atoms with van der Waals surface area (Å²) in [5.74, 6) is 0.181. The number of carbonyl (C=O) groups excluding carboxylic acids is 1. The van der Waals surface area contributed by atoms with E-state index in [2.05, 4.69) is 0 Å². The molecule has 3 aliphatic heterocycles. The monoisotopic (exact) mass is 498 g/mol. The average Bonchev–Trinajstić information content (AvgIpc) is 3.50. The molecule has 0 bridgehead atoms.